The minimum absolute atomic E-state index is 0.0353. The van der Waals surface area contributed by atoms with E-state index in [1.54, 1.807) is 0 Å². The van der Waals surface area contributed by atoms with Crippen LogP contribution >= 0.6 is 0 Å². The van der Waals surface area contributed by atoms with E-state index in [2.05, 4.69) is 27.7 Å². The van der Waals surface area contributed by atoms with Crippen molar-refractivity contribution in [2.75, 3.05) is 6.61 Å². The van der Waals surface area contributed by atoms with Crippen LogP contribution in [0.15, 0.2) is 22.8 Å². The molecule has 0 spiro atoms. The summed E-state index contributed by atoms with van der Waals surface area (Å²) in [6.45, 7) is 9.08. The molecule has 1 N–H and O–H groups in total. The second-order valence-electron chi connectivity index (χ2n) is 8.43. The normalized spacial score (nSPS) is 40.2. The topological polar surface area (TPSA) is 63.6 Å². The number of carbonyl (C=O) groups is 2. The van der Waals surface area contributed by atoms with Gasteiger partial charge in [-0.2, -0.15) is 0 Å². The number of hydrogen-bond donors (Lipinski definition) is 1. The van der Waals surface area contributed by atoms with Crippen molar-refractivity contribution in [2.45, 2.75) is 59.5 Å². The number of allylic oxidation sites excluding steroid dienone is 2. The van der Waals surface area contributed by atoms with Crippen LogP contribution < -0.4 is 0 Å². The van der Waals surface area contributed by atoms with Crippen molar-refractivity contribution in [3.8, 4) is 0 Å². The lowest BCUT2D eigenvalue weighted by atomic mass is 9.50. The predicted molar refractivity (Wildman–Crippen MR) is 91.1 cm³/mol. The Morgan fingerprint density at radius 1 is 1.46 bits per heavy atom. The Morgan fingerprint density at radius 2 is 2.17 bits per heavy atom. The van der Waals surface area contributed by atoms with Gasteiger partial charge < -0.3 is 9.84 Å². The van der Waals surface area contributed by atoms with E-state index in [0.717, 1.165) is 31.1 Å². The van der Waals surface area contributed by atoms with Gasteiger partial charge in [-0.05, 0) is 60.8 Å². The molecule has 0 amide bonds. The Balaban J connectivity index is 1.89. The van der Waals surface area contributed by atoms with E-state index in [1.165, 1.54) is 11.6 Å². The van der Waals surface area contributed by atoms with Gasteiger partial charge in [0.1, 0.15) is 12.9 Å². The van der Waals surface area contributed by atoms with Crippen LogP contribution in [0.1, 0.15) is 53.4 Å². The summed E-state index contributed by atoms with van der Waals surface area (Å²) >= 11 is 0. The summed E-state index contributed by atoms with van der Waals surface area (Å²) in [7, 11) is 0. The van der Waals surface area contributed by atoms with Crippen LogP contribution in [0.5, 0.6) is 0 Å². The maximum atomic E-state index is 11.5. The fraction of sp³-hybridized carbons (Fsp3) is 0.700. The summed E-state index contributed by atoms with van der Waals surface area (Å²) in [6.07, 6.45) is 5.38. The van der Waals surface area contributed by atoms with E-state index < -0.39 is 6.10 Å². The molecule has 0 aromatic carbocycles. The maximum Gasteiger partial charge on any atom is 0.331 e. The molecule has 4 heteroatoms. The van der Waals surface area contributed by atoms with Crippen molar-refractivity contribution in [3.63, 3.8) is 0 Å². The Labute approximate surface area is 144 Å². The van der Waals surface area contributed by atoms with E-state index in [1.807, 2.05) is 0 Å². The fourth-order valence-electron chi connectivity index (χ4n) is 5.35. The van der Waals surface area contributed by atoms with Crippen LogP contribution in [0.2, 0.25) is 0 Å². The molecule has 3 aliphatic rings. The van der Waals surface area contributed by atoms with Crippen LogP contribution in [0.4, 0.5) is 0 Å². The van der Waals surface area contributed by atoms with Crippen molar-refractivity contribution in [2.24, 2.45) is 22.7 Å². The van der Waals surface area contributed by atoms with Gasteiger partial charge in [-0.1, -0.05) is 26.3 Å². The minimum atomic E-state index is -0.660. The quantitative estimate of drug-likeness (QED) is 0.634. The SMILES string of the molecule is CC1=C(C=O)CC2C1(C)CCC(C)C2(C)CC(O)C1=CC(=O)OC1. The zero-order valence-corrected chi connectivity index (χ0v) is 15.1. The number of hydrogen-bond acceptors (Lipinski definition) is 4. The molecule has 1 fully saturated rings. The van der Waals surface area contributed by atoms with Gasteiger partial charge in [-0.3, -0.25) is 4.79 Å². The van der Waals surface area contributed by atoms with E-state index in [9.17, 15) is 14.7 Å². The van der Waals surface area contributed by atoms with Crippen LogP contribution in [0.25, 0.3) is 0 Å². The second-order valence-corrected chi connectivity index (χ2v) is 8.43. The molecule has 4 nitrogen and oxygen atoms in total. The van der Waals surface area contributed by atoms with Gasteiger partial charge in [0.25, 0.3) is 0 Å². The third kappa shape index (κ3) is 2.46. The van der Waals surface area contributed by atoms with Crippen molar-refractivity contribution < 1.29 is 19.4 Å². The highest BCUT2D eigenvalue weighted by Crippen LogP contribution is 2.64. The standard InChI is InChI=1S/C20H28O4/c1-12-5-6-19(3)13(2)14(10-21)7-17(19)20(12,4)9-16(22)15-8-18(23)24-11-15/h8,10,12,16-17,22H,5-7,9,11H2,1-4H3. The molecular formula is C20H28O4. The molecule has 132 valence electrons. The number of aliphatic hydroxyl groups excluding tert-OH is 1. The van der Waals surface area contributed by atoms with E-state index in [0.29, 0.717) is 23.8 Å². The summed E-state index contributed by atoms with van der Waals surface area (Å²) in [5, 5.41) is 10.7. The minimum Gasteiger partial charge on any atom is -0.458 e. The molecule has 0 radical (unpaired) electrons. The second kappa shape index (κ2) is 5.83. The lowest BCUT2D eigenvalue weighted by Gasteiger charge is -2.54. The molecule has 3 rings (SSSR count). The fourth-order valence-corrected chi connectivity index (χ4v) is 5.35. The first-order chi connectivity index (χ1) is 11.2. The highest BCUT2D eigenvalue weighted by atomic mass is 16.5. The van der Waals surface area contributed by atoms with Gasteiger partial charge in [0.05, 0.1) is 6.10 Å². The molecule has 2 aliphatic carbocycles. The first-order valence-electron chi connectivity index (χ1n) is 8.93. The Hall–Kier alpha value is -1.42. The monoisotopic (exact) mass is 332 g/mol. The first-order valence-corrected chi connectivity index (χ1v) is 8.93. The molecule has 0 aromatic rings. The van der Waals surface area contributed by atoms with E-state index in [4.69, 9.17) is 4.74 Å². The highest BCUT2D eigenvalue weighted by molar-refractivity contribution is 5.85. The Morgan fingerprint density at radius 3 is 2.75 bits per heavy atom. The zero-order valence-electron chi connectivity index (χ0n) is 15.1. The van der Waals surface area contributed by atoms with Gasteiger partial charge in [-0.25, -0.2) is 4.79 Å². The molecule has 1 heterocycles. The number of aldehydes is 1. The number of ether oxygens (including phenoxy) is 1. The van der Waals surface area contributed by atoms with Gasteiger partial charge in [0.15, 0.2) is 0 Å². The van der Waals surface area contributed by atoms with Gasteiger partial charge in [0, 0.05) is 11.6 Å². The number of carbonyl (C=O) groups excluding carboxylic acids is 2. The summed E-state index contributed by atoms with van der Waals surface area (Å²) in [5.41, 5.74) is 2.81. The van der Waals surface area contributed by atoms with E-state index >= 15 is 0 Å². The van der Waals surface area contributed by atoms with Gasteiger partial charge in [-0.15, -0.1) is 0 Å². The maximum absolute atomic E-state index is 11.5. The molecule has 5 atom stereocenters. The van der Waals surface area contributed by atoms with Crippen molar-refractivity contribution in [1.29, 1.82) is 0 Å². The Bertz CT molecular complexity index is 632. The summed E-state index contributed by atoms with van der Waals surface area (Å²) in [5.74, 6) is 0.447. The van der Waals surface area contributed by atoms with E-state index in [-0.39, 0.29) is 23.4 Å². The number of fused-ring (bicyclic) bond motifs is 1. The molecule has 1 saturated carbocycles. The lowest BCUT2D eigenvalue weighted by Crippen LogP contribution is -2.48. The average molecular weight is 332 g/mol. The molecular weight excluding hydrogens is 304 g/mol. The molecule has 0 bridgehead atoms. The number of aliphatic hydroxyl groups is 1. The third-order valence-corrected chi connectivity index (χ3v) is 7.44. The number of rotatable bonds is 4. The summed E-state index contributed by atoms with van der Waals surface area (Å²) in [4.78, 5) is 22.8. The predicted octanol–water partition coefficient (Wildman–Crippen LogP) is 3.20. The van der Waals surface area contributed by atoms with Crippen LogP contribution in [0.3, 0.4) is 0 Å². The molecule has 1 aliphatic heterocycles. The van der Waals surface area contributed by atoms with Crippen molar-refractivity contribution in [3.05, 3.63) is 22.8 Å². The average Bonchev–Trinajstić information content (AvgIpc) is 3.08. The number of cyclic esters (lactones) is 1. The molecule has 0 aromatic heterocycles. The van der Waals surface area contributed by atoms with Gasteiger partial charge >= 0.3 is 5.97 Å². The molecule has 24 heavy (non-hydrogen) atoms. The summed E-state index contributed by atoms with van der Waals surface area (Å²) < 4.78 is 4.95. The largest absolute Gasteiger partial charge is 0.458 e. The lowest BCUT2D eigenvalue weighted by molar-refractivity contribution is -0.135. The molecule has 5 unspecified atom stereocenters. The van der Waals surface area contributed by atoms with Crippen molar-refractivity contribution >= 4 is 12.3 Å². The Kier molecular flexibility index (Phi) is 4.23. The van der Waals surface area contributed by atoms with Crippen molar-refractivity contribution in [1.82, 2.24) is 0 Å². The van der Waals surface area contributed by atoms with Gasteiger partial charge in [0.2, 0.25) is 0 Å². The molecule has 0 saturated heterocycles. The van der Waals surface area contributed by atoms with Crippen LogP contribution in [-0.2, 0) is 14.3 Å². The van der Waals surface area contributed by atoms with Crippen LogP contribution in [-0.4, -0.2) is 30.1 Å². The summed E-state index contributed by atoms with van der Waals surface area (Å²) in [6, 6.07) is 0. The zero-order chi connectivity index (χ0) is 17.7. The van der Waals surface area contributed by atoms with Crippen LogP contribution in [0, 0.1) is 22.7 Å². The smallest absolute Gasteiger partial charge is 0.331 e. The third-order valence-electron chi connectivity index (χ3n) is 7.44. The first kappa shape index (κ1) is 17.4. The highest BCUT2D eigenvalue weighted by Gasteiger charge is 2.56. The number of esters is 1.